The molecule has 144 valence electrons. The zero-order valence-corrected chi connectivity index (χ0v) is 15.6. The van der Waals surface area contributed by atoms with Crippen LogP contribution in [0.5, 0.6) is 0 Å². The van der Waals surface area contributed by atoms with Crippen molar-refractivity contribution in [2.24, 2.45) is 0 Å². The van der Waals surface area contributed by atoms with E-state index in [9.17, 15) is 23.3 Å². The molecule has 1 saturated heterocycles. The first-order valence-corrected chi connectivity index (χ1v) is 10.5. The van der Waals surface area contributed by atoms with Gasteiger partial charge in [-0.25, -0.2) is 8.42 Å². The zero-order chi connectivity index (χ0) is 19.9. The van der Waals surface area contributed by atoms with E-state index in [4.69, 9.17) is 0 Å². The van der Waals surface area contributed by atoms with Crippen molar-refractivity contribution in [2.75, 3.05) is 16.8 Å². The number of hydrogen-bond donors (Lipinski definition) is 1. The predicted molar refractivity (Wildman–Crippen MR) is 107 cm³/mol. The average molecular weight is 399 g/mol. The topological polar surface area (TPSA) is 111 Å². The van der Waals surface area contributed by atoms with E-state index in [1.807, 2.05) is 0 Å². The second kappa shape index (κ2) is 6.75. The lowest BCUT2D eigenvalue weighted by atomic mass is 10.1. The third kappa shape index (κ3) is 3.13. The van der Waals surface area contributed by atoms with Gasteiger partial charge in [0.05, 0.1) is 21.9 Å². The lowest BCUT2D eigenvalue weighted by molar-refractivity contribution is -0.385. The van der Waals surface area contributed by atoms with E-state index >= 15 is 0 Å². The standard InChI is InChI=1S/C19H17N3O5S/c23-19-18(22(24)25)17(20-13-10-11-28(26,27)12-13)15-8-4-5-9-16(15)21(19)14-6-2-1-3-7-14/h1-9,13,20H,10-12H2. The summed E-state index contributed by atoms with van der Waals surface area (Å²) in [6.45, 7) is 0. The molecule has 1 N–H and O–H groups in total. The number of pyridine rings is 1. The van der Waals surface area contributed by atoms with Crippen molar-refractivity contribution in [2.45, 2.75) is 12.5 Å². The van der Waals surface area contributed by atoms with Crippen molar-refractivity contribution < 1.29 is 13.3 Å². The smallest absolute Gasteiger partial charge is 0.357 e. The molecule has 9 heteroatoms. The Morgan fingerprint density at radius 2 is 1.75 bits per heavy atom. The first-order chi connectivity index (χ1) is 13.4. The van der Waals surface area contributed by atoms with Gasteiger partial charge in [-0.15, -0.1) is 0 Å². The van der Waals surface area contributed by atoms with E-state index in [0.29, 0.717) is 23.0 Å². The van der Waals surface area contributed by atoms with Crippen LogP contribution in [0.4, 0.5) is 11.4 Å². The Hall–Kier alpha value is -3.20. The van der Waals surface area contributed by atoms with Gasteiger partial charge < -0.3 is 5.32 Å². The molecule has 2 heterocycles. The van der Waals surface area contributed by atoms with Crippen LogP contribution in [0.1, 0.15) is 6.42 Å². The van der Waals surface area contributed by atoms with Crippen LogP contribution in [0.15, 0.2) is 59.4 Å². The molecule has 0 aliphatic carbocycles. The van der Waals surface area contributed by atoms with Gasteiger partial charge in [-0.05, 0) is 24.6 Å². The highest BCUT2D eigenvalue weighted by Crippen LogP contribution is 2.33. The highest BCUT2D eigenvalue weighted by Gasteiger charge is 2.32. The average Bonchev–Trinajstić information content (AvgIpc) is 3.01. The SMILES string of the molecule is O=c1c([N+](=O)[O-])c(NC2CCS(=O)(=O)C2)c2ccccc2n1-c1ccccc1. The summed E-state index contributed by atoms with van der Waals surface area (Å²) in [5.74, 6) is -0.0856. The number of sulfone groups is 1. The van der Waals surface area contributed by atoms with Crippen LogP contribution in [0.2, 0.25) is 0 Å². The molecule has 1 aromatic heterocycles. The molecule has 1 aliphatic rings. The monoisotopic (exact) mass is 399 g/mol. The quantitative estimate of drug-likeness (QED) is 0.533. The fourth-order valence-electron chi connectivity index (χ4n) is 3.59. The lowest BCUT2D eigenvalue weighted by Crippen LogP contribution is -2.27. The summed E-state index contributed by atoms with van der Waals surface area (Å²) in [6.07, 6.45) is 0.343. The number of benzene rings is 2. The van der Waals surface area contributed by atoms with Crippen LogP contribution in [-0.4, -0.2) is 35.5 Å². The number of rotatable bonds is 4. The molecule has 0 saturated carbocycles. The van der Waals surface area contributed by atoms with Crippen molar-refractivity contribution in [1.29, 1.82) is 0 Å². The van der Waals surface area contributed by atoms with Gasteiger partial charge in [0.25, 0.3) is 0 Å². The van der Waals surface area contributed by atoms with Crippen molar-refractivity contribution in [3.05, 3.63) is 75.1 Å². The minimum atomic E-state index is -3.18. The van der Waals surface area contributed by atoms with E-state index in [0.717, 1.165) is 0 Å². The number of para-hydroxylation sites is 2. The minimum Gasteiger partial charge on any atom is -0.375 e. The fraction of sp³-hybridized carbons (Fsp3) is 0.211. The molecule has 1 fully saturated rings. The molecular weight excluding hydrogens is 382 g/mol. The maximum atomic E-state index is 13.1. The van der Waals surface area contributed by atoms with Crippen molar-refractivity contribution in [1.82, 2.24) is 4.57 Å². The molecule has 1 unspecified atom stereocenters. The number of nitrogens with one attached hydrogen (secondary N) is 1. The first-order valence-electron chi connectivity index (χ1n) is 8.72. The summed E-state index contributed by atoms with van der Waals surface area (Å²) >= 11 is 0. The molecule has 8 nitrogen and oxygen atoms in total. The second-order valence-corrected chi connectivity index (χ2v) is 8.95. The summed E-state index contributed by atoms with van der Waals surface area (Å²) in [5, 5.41) is 15.3. The van der Waals surface area contributed by atoms with Gasteiger partial charge in [-0.3, -0.25) is 19.5 Å². The van der Waals surface area contributed by atoms with Gasteiger partial charge in [-0.2, -0.15) is 0 Å². The van der Waals surface area contributed by atoms with Gasteiger partial charge in [-0.1, -0.05) is 36.4 Å². The van der Waals surface area contributed by atoms with Crippen LogP contribution < -0.4 is 10.9 Å². The van der Waals surface area contributed by atoms with Gasteiger partial charge in [0, 0.05) is 17.1 Å². The molecule has 0 bridgehead atoms. The predicted octanol–water partition coefficient (Wildman–Crippen LogP) is 2.50. The largest absolute Gasteiger partial charge is 0.375 e. The zero-order valence-electron chi connectivity index (χ0n) is 14.7. The van der Waals surface area contributed by atoms with Crippen LogP contribution >= 0.6 is 0 Å². The third-order valence-corrected chi connectivity index (χ3v) is 6.60. The van der Waals surface area contributed by atoms with Gasteiger partial charge in [0.1, 0.15) is 5.69 Å². The minimum absolute atomic E-state index is 0.0253. The second-order valence-electron chi connectivity index (χ2n) is 6.72. The summed E-state index contributed by atoms with van der Waals surface area (Å²) in [7, 11) is -3.18. The summed E-state index contributed by atoms with van der Waals surface area (Å²) in [4.78, 5) is 24.2. The molecule has 3 aromatic rings. The Morgan fingerprint density at radius 3 is 2.39 bits per heavy atom. The number of nitro groups is 1. The number of hydrogen-bond acceptors (Lipinski definition) is 6. The maximum Gasteiger partial charge on any atom is 0.357 e. The highest BCUT2D eigenvalue weighted by molar-refractivity contribution is 7.91. The Balaban J connectivity index is 1.99. The molecule has 0 amide bonds. The third-order valence-electron chi connectivity index (χ3n) is 4.83. The molecule has 1 atom stereocenters. The number of fused-ring (bicyclic) bond motifs is 1. The Bertz CT molecular complexity index is 1240. The molecule has 4 rings (SSSR count). The van der Waals surface area contributed by atoms with Crippen LogP contribution in [-0.2, 0) is 9.84 Å². The van der Waals surface area contributed by atoms with Crippen LogP contribution in [0.3, 0.4) is 0 Å². The Labute approximate surface area is 160 Å². The van der Waals surface area contributed by atoms with Gasteiger partial charge >= 0.3 is 11.2 Å². The Morgan fingerprint density at radius 1 is 1.07 bits per heavy atom. The summed E-state index contributed by atoms with van der Waals surface area (Å²) in [5.41, 5.74) is -0.264. The van der Waals surface area contributed by atoms with E-state index in [1.54, 1.807) is 54.6 Å². The molecular formula is C19H17N3O5S. The van der Waals surface area contributed by atoms with E-state index in [-0.39, 0.29) is 17.2 Å². The summed E-state index contributed by atoms with van der Waals surface area (Å²) in [6, 6.07) is 15.1. The molecule has 0 radical (unpaired) electrons. The summed E-state index contributed by atoms with van der Waals surface area (Å²) < 4.78 is 24.9. The number of anilines is 1. The fourth-order valence-corrected chi connectivity index (χ4v) is 5.27. The number of aromatic nitrogens is 1. The van der Waals surface area contributed by atoms with Gasteiger partial charge in [0.15, 0.2) is 9.84 Å². The first kappa shape index (κ1) is 18.2. The maximum absolute atomic E-state index is 13.1. The molecule has 2 aromatic carbocycles. The van der Waals surface area contributed by atoms with Crippen molar-refractivity contribution >= 4 is 32.1 Å². The van der Waals surface area contributed by atoms with E-state index < -0.39 is 32.0 Å². The van der Waals surface area contributed by atoms with Crippen LogP contribution in [0, 0.1) is 10.1 Å². The normalized spacial score (nSPS) is 18.2. The van der Waals surface area contributed by atoms with E-state index in [2.05, 4.69) is 5.32 Å². The highest BCUT2D eigenvalue weighted by atomic mass is 32.2. The molecule has 1 aliphatic heterocycles. The van der Waals surface area contributed by atoms with Crippen molar-refractivity contribution in [3.63, 3.8) is 0 Å². The number of nitrogens with zero attached hydrogens (tertiary/aromatic N) is 2. The Kier molecular flexibility index (Phi) is 4.38. The lowest BCUT2D eigenvalue weighted by Gasteiger charge is -2.17. The molecule has 0 spiro atoms. The van der Waals surface area contributed by atoms with Gasteiger partial charge in [0.2, 0.25) is 0 Å². The van der Waals surface area contributed by atoms with E-state index in [1.165, 1.54) is 4.57 Å². The van der Waals surface area contributed by atoms with Crippen LogP contribution in [0.25, 0.3) is 16.6 Å². The molecule has 28 heavy (non-hydrogen) atoms. The van der Waals surface area contributed by atoms with Crippen molar-refractivity contribution in [3.8, 4) is 5.69 Å².